The van der Waals surface area contributed by atoms with Crippen LogP contribution in [0.15, 0.2) is 40.6 Å². The van der Waals surface area contributed by atoms with Crippen molar-refractivity contribution in [2.45, 2.75) is 40.0 Å². The fraction of sp³-hybridized carbons (Fsp3) is 0.316. The summed E-state index contributed by atoms with van der Waals surface area (Å²) in [6.07, 6.45) is 0. The van der Waals surface area contributed by atoms with E-state index in [1.165, 1.54) is 0 Å². The lowest BCUT2D eigenvalue weighted by molar-refractivity contribution is 0.561. The predicted molar refractivity (Wildman–Crippen MR) is 104 cm³/mol. The molecule has 0 saturated carbocycles. The molecule has 8 nitrogen and oxygen atoms in total. The standard InChI is InChI=1S/C19H22N8/c1-11-14(13-9-7-6-8-10-13)17(23-20-11)24-22-15-16(19(3,4)5)26-27-12(2)21-25-18(15)27/h6-10,26H,1-5H3,(H,20,23). The van der Waals surface area contributed by atoms with Crippen molar-refractivity contribution in [3.63, 3.8) is 0 Å². The molecular weight excluding hydrogens is 340 g/mol. The fourth-order valence-electron chi connectivity index (χ4n) is 3.08. The lowest BCUT2D eigenvalue weighted by Gasteiger charge is -2.16. The largest absolute Gasteiger partial charge is 0.292 e. The van der Waals surface area contributed by atoms with Crippen molar-refractivity contribution in [2.24, 2.45) is 10.2 Å². The van der Waals surface area contributed by atoms with Gasteiger partial charge in [-0.05, 0) is 19.4 Å². The van der Waals surface area contributed by atoms with Gasteiger partial charge >= 0.3 is 0 Å². The molecule has 0 atom stereocenters. The van der Waals surface area contributed by atoms with Crippen molar-refractivity contribution in [3.8, 4) is 11.1 Å². The van der Waals surface area contributed by atoms with Gasteiger partial charge in [0.2, 0.25) is 11.5 Å². The zero-order valence-corrected chi connectivity index (χ0v) is 16.1. The van der Waals surface area contributed by atoms with Gasteiger partial charge in [-0.25, -0.2) is 4.52 Å². The van der Waals surface area contributed by atoms with Crippen LogP contribution in [0.3, 0.4) is 0 Å². The first-order chi connectivity index (χ1) is 12.9. The zero-order chi connectivity index (χ0) is 19.2. The van der Waals surface area contributed by atoms with E-state index in [0.29, 0.717) is 17.2 Å². The van der Waals surface area contributed by atoms with E-state index in [2.05, 4.69) is 56.5 Å². The quantitative estimate of drug-likeness (QED) is 0.513. The minimum absolute atomic E-state index is 0.148. The molecule has 4 rings (SSSR count). The number of aromatic amines is 2. The van der Waals surface area contributed by atoms with E-state index in [4.69, 9.17) is 0 Å². The Hall–Kier alpha value is -3.29. The molecule has 138 valence electrons. The summed E-state index contributed by atoms with van der Waals surface area (Å²) in [5, 5.41) is 28.1. The maximum absolute atomic E-state index is 4.53. The summed E-state index contributed by atoms with van der Waals surface area (Å²) in [6.45, 7) is 10.2. The number of azo groups is 1. The molecule has 27 heavy (non-hydrogen) atoms. The smallest absolute Gasteiger partial charge is 0.205 e. The summed E-state index contributed by atoms with van der Waals surface area (Å²) in [4.78, 5) is 0. The predicted octanol–water partition coefficient (Wildman–Crippen LogP) is 4.78. The van der Waals surface area contributed by atoms with Gasteiger partial charge in [0.15, 0.2) is 5.69 Å². The Kier molecular flexibility index (Phi) is 3.91. The van der Waals surface area contributed by atoms with E-state index in [1.807, 2.05) is 48.7 Å². The molecule has 0 aliphatic heterocycles. The molecule has 3 heterocycles. The highest BCUT2D eigenvalue weighted by Crippen LogP contribution is 2.36. The summed E-state index contributed by atoms with van der Waals surface area (Å²) in [5.41, 5.74) is 5.09. The van der Waals surface area contributed by atoms with Crippen molar-refractivity contribution in [2.75, 3.05) is 0 Å². The van der Waals surface area contributed by atoms with Crippen molar-refractivity contribution >= 4 is 17.2 Å². The van der Waals surface area contributed by atoms with Gasteiger partial charge in [-0.1, -0.05) is 51.1 Å². The molecule has 0 spiro atoms. The third-order valence-electron chi connectivity index (χ3n) is 4.48. The Labute approximate surface area is 156 Å². The van der Waals surface area contributed by atoms with Crippen molar-refractivity contribution < 1.29 is 0 Å². The molecule has 0 amide bonds. The molecule has 0 unspecified atom stereocenters. The van der Waals surface area contributed by atoms with Crippen molar-refractivity contribution in [3.05, 3.63) is 47.5 Å². The first-order valence-electron chi connectivity index (χ1n) is 8.82. The molecule has 0 radical (unpaired) electrons. The number of H-pyrrole nitrogens is 2. The van der Waals surface area contributed by atoms with Gasteiger partial charge in [-0.2, -0.15) is 5.10 Å². The van der Waals surface area contributed by atoms with Crippen LogP contribution in [-0.2, 0) is 5.41 Å². The molecule has 0 fully saturated rings. The average Bonchev–Trinajstić information content (AvgIpc) is 3.28. The normalized spacial score (nSPS) is 12.5. The lowest BCUT2D eigenvalue weighted by atomic mass is 9.91. The summed E-state index contributed by atoms with van der Waals surface area (Å²) < 4.78 is 1.84. The van der Waals surface area contributed by atoms with E-state index in [1.54, 1.807) is 0 Å². The summed E-state index contributed by atoms with van der Waals surface area (Å²) in [7, 11) is 0. The number of benzene rings is 1. The molecular formula is C19H22N8. The minimum Gasteiger partial charge on any atom is -0.292 e. The molecule has 0 aliphatic carbocycles. The third-order valence-corrected chi connectivity index (χ3v) is 4.48. The van der Waals surface area contributed by atoms with Crippen LogP contribution >= 0.6 is 0 Å². The zero-order valence-electron chi connectivity index (χ0n) is 16.1. The molecule has 3 aromatic heterocycles. The number of nitrogens with one attached hydrogen (secondary N) is 2. The number of fused-ring (bicyclic) bond motifs is 1. The van der Waals surface area contributed by atoms with Gasteiger partial charge < -0.3 is 0 Å². The number of aromatic nitrogens is 6. The molecule has 0 bridgehead atoms. The molecule has 0 saturated heterocycles. The van der Waals surface area contributed by atoms with Crippen LogP contribution in [0.5, 0.6) is 0 Å². The van der Waals surface area contributed by atoms with E-state index < -0.39 is 0 Å². The molecule has 8 heteroatoms. The Balaban J connectivity index is 1.83. The molecule has 0 aliphatic rings. The molecule has 1 aromatic carbocycles. The monoisotopic (exact) mass is 362 g/mol. The van der Waals surface area contributed by atoms with Crippen LogP contribution in [0.1, 0.15) is 38.0 Å². The van der Waals surface area contributed by atoms with Crippen LogP contribution in [-0.4, -0.2) is 30.0 Å². The van der Waals surface area contributed by atoms with Gasteiger partial charge in [0.05, 0.1) is 11.3 Å². The van der Waals surface area contributed by atoms with E-state index >= 15 is 0 Å². The first kappa shape index (κ1) is 17.1. The minimum atomic E-state index is -0.148. The SMILES string of the molecule is Cc1[nH]nc(N=Nc2c(C(C)(C)C)[nH]n3c(C)nnc23)c1-c1ccccc1. The topological polar surface area (TPSA) is 99.4 Å². The highest BCUT2D eigenvalue weighted by atomic mass is 15.4. The number of hydrogen-bond donors (Lipinski definition) is 2. The fourth-order valence-corrected chi connectivity index (χ4v) is 3.08. The summed E-state index contributed by atoms with van der Waals surface area (Å²) in [6, 6.07) is 10.0. The summed E-state index contributed by atoms with van der Waals surface area (Å²) in [5.74, 6) is 1.33. The third kappa shape index (κ3) is 2.92. The highest BCUT2D eigenvalue weighted by molar-refractivity contribution is 5.76. The Morgan fingerprint density at radius 2 is 1.74 bits per heavy atom. The van der Waals surface area contributed by atoms with Gasteiger partial charge in [0.1, 0.15) is 5.82 Å². The van der Waals surface area contributed by atoms with Gasteiger partial charge in [-0.15, -0.1) is 20.4 Å². The molecule has 4 aromatic rings. The van der Waals surface area contributed by atoms with Crippen LogP contribution in [0.4, 0.5) is 11.5 Å². The van der Waals surface area contributed by atoms with Gasteiger partial charge in [0.25, 0.3) is 0 Å². The van der Waals surface area contributed by atoms with Gasteiger partial charge in [0, 0.05) is 11.1 Å². The van der Waals surface area contributed by atoms with Gasteiger partial charge in [-0.3, -0.25) is 10.2 Å². The van der Waals surface area contributed by atoms with E-state index in [-0.39, 0.29) is 5.41 Å². The van der Waals surface area contributed by atoms with Crippen molar-refractivity contribution in [1.82, 2.24) is 30.0 Å². The first-order valence-corrected chi connectivity index (χ1v) is 8.82. The Morgan fingerprint density at radius 1 is 1.00 bits per heavy atom. The number of rotatable bonds is 3. The molecule has 2 N–H and O–H groups in total. The van der Waals surface area contributed by atoms with Crippen LogP contribution < -0.4 is 0 Å². The Morgan fingerprint density at radius 3 is 2.44 bits per heavy atom. The average molecular weight is 362 g/mol. The van der Waals surface area contributed by atoms with E-state index in [0.717, 1.165) is 28.3 Å². The van der Waals surface area contributed by atoms with Crippen molar-refractivity contribution in [1.29, 1.82) is 0 Å². The maximum Gasteiger partial charge on any atom is 0.205 e. The highest BCUT2D eigenvalue weighted by Gasteiger charge is 2.25. The Bertz CT molecular complexity index is 1120. The van der Waals surface area contributed by atoms with Crippen LogP contribution in [0, 0.1) is 13.8 Å². The second-order valence-electron chi connectivity index (χ2n) is 7.60. The summed E-state index contributed by atoms with van der Waals surface area (Å²) >= 11 is 0. The maximum atomic E-state index is 4.53. The van der Waals surface area contributed by atoms with Crippen LogP contribution in [0.25, 0.3) is 16.8 Å². The second-order valence-corrected chi connectivity index (χ2v) is 7.60. The van der Waals surface area contributed by atoms with E-state index in [9.17, 15) is 0 Å². The number of hydrogen-bond acceptors (Lipinski definition) is 5. The second kappa shape index (κ2) is 6.15. The number of aryl methyl sites for hydroxylation is 2. The number of nitrogens with zero attached hydrogens (tertiary/aromatic N) is 6. The van der Waals surface area contributed by atoms with Crippen LogP contribution in [0.2, 0.25) is 0 Å². The lowest BCUT2D eigenvalue weighted by Crippen LogP contribution is -2.12.